The summed E-state index contributed by atoms with van der Waals surface area (Å²) in [5, 5.41) is 9.23. The lowest BCUT2D eigenvalue weighted by Gasteiger charge is -2.42. The van der Waals surface area contributed by atoms with Crippen LogP contribution in [-0.4, -0.2) is 81.8 Å². The van der Waals surface area contributed by atoms with E-state index < -0.39 is 40.6 Å². The minimum absolute atomic E-state index is 0.0862. The zero-order valence-electron chi connectivity index (χ0n) is 23.9. The Kier molecular flexibility index (Phi) is 9.85. The van der Waals surface area contributed by atoms with E-state index in [9.17, 15) is 19.5 Å². The number of ether oxygens (including phenoxy) is 2. The van der Waals surface area contributed by atoms with Crippen LogP contribution in [0.5, 0.6) is 0 Å². The average molecular weight is 533 g/mol. The maximum absolute atomic E-state index is 14.3. The minimum Gasteiger partial charge on any atom is -0.465 e. The number of carbonyl (C=O) groups excluding carboxylic acids is 3. The first-order valence-corrected chi connectivity index (χ1v) is 14.4. The number of likely N-dealkylation sites (tertiary alicyclic amines) is 1. The van der Waals surface area contributed by atoms with Gasteiger partial charge in [-0.3, -0.25) is 14.4 Å². The Morgan fingerprint density at radius 1 is 1.16 bits per heavy atom. The molecule has 3 saturated heterocycles. The maximum Gasteiger partial charge on any atom is 0.312 e. The number of hydrogen-bond acceptors (Lipinski definition) is 6. The molecule has 2 unspecified atom stereocenters. The standard InChI is InChI=1S/C30H48N2O6/c1-7-10-11-15-21-37-27(36)23-22-25(34)31(19-13-12-14-20-33)24(26(35)32(18-8-2)28(4,5)6)30(22)17-16-29(23,9-3)38-30/h7-8,22-24,33H,1-2,9-21H2,3-6H3/t22-,23+,24?,29-,30?/m0/s1. The highest BCUT2D eigenvalue weighted by Gasteiger charge is 2.79. The first-order valence-electron chi connectivity index (χ1n) is 14.4. The number of rotatable bonds is 15. The van der Waals surface area contributed by atoms with E-state index >= 15 is 0 Å². The van der Waals surface area contributed by atoms with E-state index in [1.54, 1.807) is 15.9 Å². The van der Waals surface area contributed by atoms with Crippen molar-refractivity contribution in [3.05, 3.63) is 25.3 Å². The molecule has 0 aromatic heterocycles. The molecule has 8 nitrogen and oxygen atoms in total. The Bertz CT molecular complexity index is 898. The number of fused-ring (bicyclic) bond motifs is 1. The summed E-state index contributed by atoms with van der Waals surface area (Å²) in [5.41, 5.74) is -2.35. The van der Waals surface area contributed by atoms with Crippen LogP contribution in [0.15, 0.2) is 25.3 Å². The van der Waals surface area contributed by atoms with Gasteiger partial charge < -0.3 is 24.4 Å². The largest absolute Gasteiger partial charge is 0.465 e. The number of allylic oxidation sites excluding steroid dienone is 1. The number of nitrogens with zero attached hydrogens (tertiary/aromatic N) is 2. The van der Waals surface area contributed by atoms with Crippen molar-refractivity contribution < 1.29 is 29.0 Å². The number of aliphatic hydroxyl groups is 1. The molecule has 8 heteroatoms. The lowest BCUT2D eigenvalue weighted by atomic mass is 9.65. The van der Waals surface area contributed by atoms with E-state index in [1.165, 1.54) is 0 Å². The molecule has 0 radical (unpaired) electrons. The molecule has 3 rings (SSSR count). The molecule has 0 saturated carbocycles. The normalized spacial score (nSPS) is 29.9. The van der Waals surface area contributed by atoms with Crippen molar-refractivity contribution in [3.8, 4) is 0 Å². The van der Waals surface area contributed by atoms with Gasteiger partial charge in [0.2, 0.25) is 11.8 Å². The van der Waals surface area contributed by atoms with Crippen molar-refractivity contribution >= 4 is 17.8 Å². The van der Waals surface area contributed by atoms with Gasteiger partial charge in [0.1, 0.15) is 17.6 Å². The smallest absolute Gasteiger partial charge is 0.312 e. The Balaban J connectivity index is 1.98. The van der Waals surface area contributed by atoms with Crippen molar-refractivity contribution in [1.82, 2.24) is 9.80 Å². The van der Waals surface area contributed by atoms with Gasteiger partial charge in [-0.2, -0.15) is 0 Å². The highest BCUT2D eigenvalue weighted by Crippen LogP contribution is 2.64. The third-order valence-electron chi connectivity index (χ3n) is 8.66. The van der Waals surface area contributed by atoms with E-state index in [0.29, 0.717) is 51.8 Å². The molecule has 3 fully saturated rings. The molecule has 3 heterocycles. The third-order valence-corrected chi connectivity index (χ3v) is 8.66. The summed E-state index contributed by atoms with van der Waals surface area (Å²) < 4.78 is 12.5. The van der Waals surface area contributed by atoms with Crippen molar-refractivity contribution in [1.29, 1.82) is 0 Å². The molecule has 5 atom stereocenters. The second-order valence-corrected chi connectivity index (χ2v) is 12.0. The molecular weight excluding hydrogens is 484 g/mol. The Hall–Kier alpha value is -2.19. The van der Waals surface area contributed by atoms with Crippen LogP contribution in [0.25, 0.3) is 0 Å². The Morgan fingerprint density at radius 2 is 1.89 bits per heavy atom. The fraction of sp³-hybridized carbons (Fsp3) is 0.767. The van der Waals surface area contributed by atoms with Gasteiger partial charge in [-0.05, 0) is 78.6 Å². The molecule has 2 bridgehead atoms. The number of esters is 1. The molecule has 2 amide bonds. The lowest BCUT2D eigenvalue weighted by Crippen LogP contribution is -2.60. The quantitative estimate of drug-likeness (QED) is 0.194. The predicted molar refractivity (Wildman–Crippen MR) is 146 cm³/mol. The van der Waals surface area contributed by atoms with Gasteiger partial charge in [-0.15, -0.1) is 13.2 Å². The maximum atomic E-state index is 14.3. The fourth-order valence-corrected chi connectivity index (χ4v) is 6.79. The molecule has 1 spiro atoms. The van der Waals surface area contributed by atoms with Crippen molar-refractivity contribution in [2.24, 2.45) is 11.8 Å². The van der Waals surface area contributed by atoms with Gasteiger partial charge in [0.15, 0.2) is 0 Å². The van der Waals surface area contributed by atoms with E-state index in [1.807, 2.05) is 33.8 Å². The molecule has 0 aliphatic carbocycles. The third kappa shape index (κ3) is 5.44. The zero-order valence-corrected chi connectivity index (χ0v) is 23.9. The number of amides is 2. The van der Waals surface area contributed by atoms with Crippen LogP contribution < -0.4 is 0 Å². The van der Waals surface area contributed by atoms with Gasteiger partial charge in [0, 0.05) is 25.2 Å². The molecule has 214 valence electrons. The molecule has 3 aliphatic heterocycles. The van der Waals surface area contributed by atoms with Crippen LogP contribution in [0, 0.1) is 11.8 Å². The first-order chi connectivity index (χ1) is 18.0. The number of carbonyl (C=O) groups is 3. The van der Waals surface area contributed by atoms with Gasteiger partial charge in [0.25, 0.3) is 0 Å². The van der Waals surface area contributed by atoms with Gasteiger partial charge >= 0.3 is 5.97 Å². The number of aliphatic hydroxyl groups excluding tert-OH is 1. The summed E-state index contributed by atoms with van der Waals surface area (Å²) in [6, 6.07) is -0.813. The highest BCUT2D eigenvalue weighted by atomic mass is 16.6. The van der Waals surface area contributed by atoms with E-state index in [2.05, 4.69) is 13.2 Å². The van der Waals surface area contributed by atoms with Crippen LogP contribution in [0.2, 0.25) is 0 Å². The van der Waals surface area contributed by atoms with Crippen LogP contribution in [-0.2, 0) is 23.9 Å². The molecule has 0 aromatic rings. The van der Waals surface area contributed by atoms with E-state index in [0.717, 1.165) is 25.7 Å². The SMILES string of the molecule is C=CCCCCOC(=O)[C@H]1[C@H]2C(=O)N(CCCCCO)C(C(=O)N(CC=C)C(C)(C)C)C23CC[C@]1(CC)O3. The zero-order chi connectivity index (χ0) is 28.1. The first kappa shape index (κ1) is 30.4. The average Bonchev–Trinajstić information content (AvgIpc) is 3.47. The summed E-state index contributed by atoms with van der Waals surface area (Å²) >= 11 is 0. The lowest BCUT2D eigenvalue weighted by molar-refractivity contribution is -0.162. The fourth-order valence-electron chi connectivity index (χ4n) is 6.79. The summed E-state index contributed by atoms with van der Waals surface area (Å²) in [6.45, 7) is 16.6. The minimum atomic E-state index is -1.06. The second kappa shape index (κ2) is 12.3. The number of unbranched alkanes of at least 4 members (excludes halogenated alkanes) is 4. The van der Waals surface area contributed by atoms with Gasteiger partial charge in [-0.1, -0.05) is 19.1 Å². The Morgan fingerprint density at radius 3 is 2.50 bits per heavy atom. The summed E-state index contributed by atoms with van der Waals surface area (Å²) in [4.78, 5) is 45.5. The topological polar surface area (TPSA) is 96.4 Å². The van der Waals surface area contributed by atoms with Gasteiger partial charge in [-0.25, -0.2) is 0 Å². The van der Waals surface area contributed by atoms with Crippen molar-refractivity contribution in [2.75, 3.05) is 26.3 Å². The second-order valence-electron chi connectivity index (χ2n) is 12.0. The number of hydrogen-bond donors (Lipinski definition) is 1. The van der Waals surface area contributed by atoms with E-state index in [4.69, 9.17) is 9.47 Å². The monoisotopic (exact) mass is 532 g/mol. The molecule has 0 aromatic carbocycles. The predicted octanol–water partition coefficient (Wildman–Crippen LogP) is 4.02. The van der Waals surface area contributed by atoms with Gasteiger partial charge in [0.05, 0.1) is 18.1 Å². The highest BCUT2D eigenvalue weighted by molar-refractivity contribution is 5.98. The van der Waals surface area contributed by atoms with Crippen LogP contribution in [0.3, 0.4) is 0 Å². The summed E-state index contributed by atoms with van der Waals surface area (Å²) in [6.07, 6.45) is 9.79. The van der Waals surface area contributed by atoms with Crippen molar-refractivity contribution in [3.63, 3.8) is 0 Å². The summed E-state index contributed by atoms with van der Waals surface area (Å²) in [7, 11) is 0. The van der Waals surface area contributed by atoms with Crippen LogP contribution >= 0.6 is 0 Å². The Labute approximate surface area is 228 Å². The molecule has 3 aliphatic rings. The molecule has 38 heavy (non-hydrogen) atoms. The van der Waals surface area contributed by atoms with Crippen molar-refractivity contribution in [2.45, 2.75) is 108 Å². The van der Waals surface area contributed by atoms with E-state index in [-0.39, 0.29) is 18.4 Å². The molecular formula is C30H48N2O6. The van der Waals surface area contributed by atoms with Crippen LogP contribution in [0.4, 0.5) is 0 Å². The molecule has 1 N–H and O–H groups in total. The summed E-state index contributed by atoms with van der Waals surface area (Å²) in [5.74, 6) is -2.22. The van der Waals surface area contributed by atoms with Crippen LogP contribution in [0.1, 0.15) is 85.5 Å².